The van der Waals surface area contributed by atoms with Crippen LogP contribution in [0.5, 0.6) is 0 Å². The molecule has 2 nitrogen and oxygen atoms in total. The molecule has 1 atom stereocenters. The lowest BCUT2D eigenvalue weighted by Crippen LogP contribution is -2.08. The van der Waals surface area contributed by atoms with E-state index in [1.165, 1.54) is 27.1 Å². The van der Waals surface area contributed by atoms with Crippen molar-refractivity contribution in [2.24, 2.45) is 0 Å². The van der Waals surface area contributed by atoms with Crippen LogP contribution in [0.2, 0.25) is 0 Å². The first-order valence-corrected chi connectivity index (χ1v) is 8.06. The van der Waals surface area contributed by atoms with Gasteiger partial charge >= 0.3 is 0 Å². The van der Waals surface area contributed by atoms with Gasteiger partial charge in [0.05, 0.1) is 16.3 Å². The number of para-hydroxylation sites is 1. The topological polar surface area (TPSA) is 24.9 Å². The second-order valence-corrected chi connectivity index (χ2v) is 6.72. The number of nitrogens with one attached hydrogen (secondary N) is 1. The van der Waals surface area contributed by atoms with Gasteiger partial charge < -0.3 is 5.32 Å². The molecule has 2 aromatic carbocycles. The Morgan fingerprint density at radius 2 is 1.71 bits per heavy atom. The van der Waals surface area contributed by atoms with Crippen LogP contribution in [0, 0.1) is 20.8 Å². The molecule has 1 unspecified atom stereocenters. The second-order valence-electron chi connectivity index (χ2n) is 5.66. The van der Waals surface area contributed by atoms with Crippen molar-refractivity contribution in [1.29, 1.82) is 0 Å². The molecule has 0 saturated carbocycles. The minimum atomic E-state index is 0.211. The van der Waals surface area contributed by atoms with Gasteiger partial charge in [0.1, 0.15) is 5.01 Å². The van der Waals surface area contributed by atoms with Crippen molar-refractivity contribution in [3.8, 4) is 0 Å². The van der Waals surface area contributed by atoms with Crippen LogP contribution in [0.3, 0.4) is 0 Å². The minimum Gasteiger partial charge on any atom is -0.376 e. The van der Waals surface area contributed by atoms with Crippen LogP contribution in [0.15, 0.2) is 36.4 Å². The first kappa shape index (κ1) is 14.1. The van der Waals surface area contributed by atoms with E-state index in [4.69, 9.17) is 4.98 Å². The standard InChI is InChI=1S/C18H20N2S/c1-11-9-12(2)17(13(3)10-11)19-14(4)18-20-15-7-5-6-8-16(15)21-18/h5-10,14,19H,1-4H3. The number of aromatic nitrogens is 1. The maximum absolute atomic E-state index is 4.74. The Hall–Kier alpha value is -1.87. The van der Waals surface area contributed by atoms with Gasteiger partial charge in [-0.3, -0.25) is 0 Å². The Morgan fingerprint density at radius 1 is 1.05 bits per heavy atom. The Kier molecular flexibility index (Phi) is 3.68. The summed E-state index contributed by atoms with van der Waals surface area (Å²) in [7, 11) is 0. The highest BCUT2D eigenvalue weighted by atomic mass is 32.1. The molecule has 0 aliphatic rings. The third kappa shape index (κ3) is 2.79. The second kappa shape index (κ2) is 5.49. The fourth-order valence-electron chi connectivity index (χ4n) is 2.76. The molecular formula is C18H20N2S. The highest BCUT2D eigenvalue weighted by Gasteiger charge is 2.13. The van der Waals surface area contributed by atoms with Crippen molar-refractivity contribution < 1.29 is 0 Å². The molecule has 0 bridgehead atoms. The van der Waals surface area contributed by atoms with Gasteiger partial charge in [0, 0.05) is 5.69 Å². The summed E-state index contributed by atoms with van der Waals surface area (Å²) >= 11 is 1.77. The van der Waals surface area contributed by atoms with E-state index in [-0.39, 0.29) is 6.04 Å². The summed E-state index contributed by atoms with van der Waals surface area (Å²) < 4.78 is 1.25. The quantitative estimate of drug-likeness (QED) is 0.700. The summed E-state index contributed by atoms with van der Waals surface area (Å²) in [5, 5.41) is 4.77. The van der Waals surface area contributed by atoms with Crippen LogP contribution < -0.4 is 5.32 Å². The van der Waals surface area contributed by atoms with Gasteiger partial charge in [-0.2, -0.15) is 0 Å². The SMILES string of the molecule is Cc1cc(C)c(NC(C)c2nc3ccccc3s2)c(C)c1. The number of aryl methyl sites for hydroxylation is 3. The summed E-state index contributed by atoms with van der Waals surface area (Å²) in [4.78, 5) is 4.74. The maximum atomic E-state index is 4.74. The van der Waals surface area contributed by atoms with Crippen molar-refractivity contribution in [3.05, 3.63) is 58.1 Å². The smallest absolute Gasteiger partial charge is 0.116 e. The Labute approximate surface area is 129 Å². The Balaban J connectivity index is 1.91. The van der Waals surface area contributed by atoms with Crippen LogP contribution in [-0.2, 0) is 0 Å². The molecule has 1 heterocycles. The molecule has 0 fully saturated rings. The van der Waals surface area contributed by atoms with E-state index in [9.17, 15) is 0 Å². The van der Waals surface area contributed by atoms with Crippen LogP contribution in [0.4, 0.5) is 5.69 Å². The van der Waals surface area contributed by atoms with Gasteiger partial charge in [0.15, 0.2) is 0 Å². The van der Waals surface area contributed by atoms with E-state index < -0.39 is 0 Å². The lowest BCUT2D eigenvalue weighted by atomic mass is 10.0. The zero-order chi connectivity index (χ0) is 15.0. The molecule has 3 heteroatoms. The summed E-state index contributed by atoms with van der Waals surface area (Å²) in [6, 6.07) is 13.0. The van der Waals surface area contributed by atoms with Crippen molar-refractivity contribution in [2.45, 2.75) is 33.7 Å². The molecule has 0 aliphatic heterocycles. The number of hydrogen-bond donors (Lipinski definition) is 1. The van der Waals surface area contributed by atoms with Crippen LogP contribution >= 0.6 is 11.3 Å². The minimum absolute atomic E-state index is 0.211. The third-order valence-corrected chi connectivity index (χ3v) is 4.94. The van der Waals surface area contributed by atoms with Crippen LogP contribution in [0.1, 0.15) is 34.7 Å². The number of hydrogen-bond acceptors (Lipinski definition) is 3. The average molecular weight is 296 g/mol. The van der Waals surface area contributed by atoms with Gasteiger partial charge in [0.2, 0.25) is 0 Å². The van der Waals surface area contributed by atoms with E-state index in [1.807, 2.05) is 6.07 Å². The molecule has 1 N–H and O–H groups in total. The highest BCUT2D eigenvalue weighted by molar-refractivity contribution is 7.18. The number of nitrogens with zero attached hydrogens (tertiary/aromatic N) is 1. The summed E-state index contributed by atoms with van der Waals surface area (Å²) in [5.41, 5.74) is 6.21. The van der Waals surface area contributed by atoms with Crippen LogP contribution in [0.25, 0.3) is 10.2 Å². The molecular weight excluding hydrogens is 276 g/mol. The van der Waals surface area contributed by atoms with Gasteiger partial charge in [-0.25, -0.2) is 4.98 Å². The zero-order valence-electron chi connectivity index (χ0n) is 12.9. The molecule has 21 heavy (non-hydrogen) atoms. The molecule has 3 aromatic rings. The van der Waals surface area contributed by atoms with Gasteiger partial charge in [-0.1, -0.05) is 29.8 Å². The molecule has 3 rings (SSSR count). The normalized spacial score (nSPS) is 12.6. The Morgan fingerprint density at radius 3 is 2.38 bits per heavy atom. The maximum Gasteiger partial charge on any atom is 0.116 e. The van der Waals surface area contributed by atoms with E-state index in [0.29, 0.717) is 0 Å². The molecule has 108 valence electrons. The first-order valence-electron chi connectivity index (χ1n) is 7.24. The molecule has 0 radical (unpaired) electrons. The molecule has 0 amide bonds. The molecule has 0 saturated heterocycles. The van der Waals surface area contributed by atoms with Gasteiger partial charge in [0.25, 0.3) is 0 Å². The fraction of sp³-hybridized carbons (Fsp3) is 0.278. The van der Waals surface area contributed by atoms with E-state index in [0.717, 1.165) is 10.5 Å². The first-order chi connectivity index (χ1) is 10.0. The molecule has 0 aliphatic carbocycles. The number of rotatable bonds is 3. The monoisotopic (exact) mass is 296 g/mol. The average Bonchev–Trinajstić information content (AvgIpc) is 2.86. The molecule has 1 aromatic heterocycles. The lowest BCUT2D eigenvalue weighted by molar-refractivity contribution is 0.870. The third-order valence-electron chi connectivity index (χ3n) is 3.72. The van der Waals surface area contributed by atoms with Crippen LogP contribution in [-0.4, -0.2) is 4.98 Å². The number of benzene rings is 2. The highest BCUT2D eigenvalue weighted by Crippen LogP contribution is 2.30. The fourth-order valence-corrected chi connectivity index (χ4v) is 3.73. The predicted octanol–water partition coefficient (Wildman–Crippen LogP) is 5.39. The summed E-state index contributed by atoms with van der Waals surface area (Å²) in [6.45, 7) is 8.64. The predicted molar refractivity (Wildman–Crippen MR) is 92.3 cm³/mol. The number of anilines is 1. The lowest BCUT2D eigenvalue weighted by Gasteiger charge is -2.18. The van der Waals surface area contributed by atoms with E-state index in [1.54, 1.807) is 11.3 Å². The number of fused-ring (bicyclic) bond motifs is 1. The van der Waals surface area contributed by atoms with E-state index >= 15 is 0 Å². The number of thiazole rings is 1. The van der Waals surface area contributed by atoms with Crippen molar-refractivity contribution in [3.63, 3.8) is 0 Å². The van der Waals surface area contributed by atoms with Crippen molar-refractivity contribution in [1.82, 2.24) is 4.98 Å². The Bertz CT molecular complexity index is 733. The van der Waals surface area contributed by atoms with Gasteiger partial charge in [-0.15, -0.1) is 11.3 Å². The summed E-state index contributed by atoms with van der Waals surface area (Å²) in [6.07, 6.45) is 0. The molecule has 0 spiro atoms. The zero-order valence-corrected chi connectivity index (χ0v) is 13.7. The van der Waals surface area contributed by atoms with Crippen molar-refractivity contribution in [2.75, 3.05) is 5.32 Å². The van der Waals surface area contributed by atoms with Crippen molar-refractivity contribution >= 4 is 27.2 Å². The summed E-state index contributed by atoms with van der Waals surface area (Å²) in [5.74, 6) is 0. The largest absolute Gasteiger partial charge is 0.376 e. The van der Waals surface area contributed by atoms with Gasteiger partial charge in [-0.05, 0) is 51.0 Å². The van der Waals surface area contributed by atoms with E-state index in [2.05, 4.69) is 63.3 Å².